The van der Waals surface area contributed by atoms with Crippen LogP contribution in [0.25, 0.3) is 11.1 Å². The fraction of sp³-hybridized carbons (Fsp3) is 0.476. The lowest BCUT2D eigenvalue weighted by atomic mass is 10.00. The molecule has 27 heavy (non-hydrogen) atoms. The third-order valence-electron chi connectivity index (χ3n) is 5.37. The second-order valence-electron chi connectivity index (χ2n) is 6.97. The van der Waals surface area contributed by atoms with Gasteiger partial charge in [-0.2, -0.15) is 0 Å². The zero-order chi connectivity index (χ0) is 19.4. The molecule has 0 spiro atoms. The van der Waals surface area contributed by atoms with Crippen LogP contribution in [-0.2, 0) is 11.3 Å². The van der Waals surface area contributed by atoms with Crippen LogP contribution in [0.3, 0.4) is 0 Å². The normalized spacial score (nSPS) is 15.1. The second kappa shape index (κ2) is 8.59. The van der Waals surface area contributed by atoms with E-state index in [0.717, 1.165) is 74.1 Å². The molecular weight excluding hydrogens is 342 g/mol. The maximum atomic E-state index is 12.2. The van der Waals surface area contributed by atoms with E-state index in [9.17, 15) is 4.79 Å². The molecule has 3 rings (SSSR count). The first-order chi connectivity index (χ1) is 13.0. The molecule has 0 aliphatic carbocycles. The first-order valence-corrected chi connectivity index (χ1v) is 9.47. The number of morpholine rings is 1. The fourth-order valence-electron chi connectivity index (χ4n) is 3.91. The minimum absolute atomic E-state index is 0.381. The molecule has 6 nitrogen and oxygen atoms in total. The van der Waals surface area contributed by atoms with Gasteiger partial charge in [-0.1, -0.05) is 12.1 Å². The van der Waals surface area contributed by atoms with Crippen molar-refractivity contribution in [1.29, 1.82) is 0 Å². The Hall–Kier alpha value is -2.31. The van der Waals surface area contributed by atoms with Crippen molar-refractivity contribution in [2.24, 2.45) is 5.73 Å². The number of carbonyl (C=O) groups is 1. The van der Waals surface area contributed by atoms with Gasteiger partial charge in [0, 0.05) is 43.1 Å². The molecular formula is C21H29N3O3. The molecule has 0 saturated carbocycles. The molecule has 1 aliphatic rings. The molecule has 2 aromatic rings. The number of methoxy groups -OCH3 is 1. The summed E-state index contributed by atoms with van der Waals surface area (Å²) in [5.74, 6) is 0.409. The monoisotopic (exact) mass is 371 g/mol. The molecule has 146 valence electrons. The average Bonchev–Trinajstić information content (AvgIpc) is 2.93. The first kappa shape index (κ1) is 19.5. The van der Waals surface area contributed by atoms with Gasteiger partial charge in [0.25, 0.3) is 5.91 Å². The Labute approximate surface area is 160 Å². The van der Waals surface area contributed by atoms with E-state index < -0.39 is 0 Å². The molecule has 1 fully saturated rings. The number of benzene rings is 1. The molecule has 0 radical (unpaired) electrons. The van der Waals surface area contributed by atoms with Crippen LogP contribution in [0.4, 0.5) is 0 Å². The molecule has 6 heteroatoms. The predicted molar refractivity (Wildman–Crippen MR) is 106 cm³/mol. The Balaban J connectivity index is 1.84. The summed E-state index contributed by atoms with van der Waals surface area (Å²) in [7, 11) is 1.64. The molecule has 1 saturated heterocycles. The van der Waals surface area contributed by atoms with Gasteiger partial charge in [0.2, 0.25) is 0 Å². The quantitative estimate of drug-likeness (QED) is 0.812. The summed E-state index contributed by atoms with van der Waals surface area (Å²) < 4.78 is 12.9. The Morgan fingerprint density at radius 1 is 1.11 bits per heavy atom. The molecule has 2 N–H and O–H groups in total. The third-order valence-corrected chi connectivity index (χ3v) is 5.37. The summed E-state index contributed by atoms with van der Waals surface area (Å²) in [6.45, 7) is 9.56. The van der Waals surface area contributed by atoms with Gasteiger partial charge in [0.05, 0.1) is 25.9 Å². The van der Waals surface area contributed by atoms with E-state index >= 15 is 0 Å². The lowest BCUT2D eigenvalue weighted by Crippen LogP contribution is -2.37. The number of aromatic nitrogens is 1. The van der Waals surface area contributed by atoms with Crippen LogP contribution in [0.2, 0.25) is 0 Å². The second-order valence-corrected chi connectivity index (χ2v) is 6.97. The van der Waals surface area contributed by atoms with Crippen LogP contribution in [0, 0.1) is 13.8 Å². The van der Waals surface area contributed by atoms with Gasteiger partial charge in [-0.15, -0.1) is 0 Å². The number of primary amides is 1. The summed E-state index contributed by atoms with van der Waals surface area (Å²) in [5.41, 5.74) is 10.3. The van der Waals surface area contributed by atoms with Crippen LogP contribution in [-0.4, -0.2) is 55.3 Å². The highest BCUT2D eigenvalue weighted by molar-refractivity contribution is 6.02. The number of ether oxygens (including phenoxy) is 2. The molecule has 0 atom stereocenters. The lowest BCUT2D eigenvalue weighted by Gasteiger charge is -2.26. The highest BCUT2D eigenvalue weighted by atomic mass is 16.5. The predicted octanol–water partition coefficient (Wildman–Crippen LogP) is 2.60. The van der Waals surface area contributed by atoms with Crippen molar-refractivity contribution in [3.05, 3.63) is 41.2 Å². The SMILES string of the molecule is COc1ccc(-c2c(C(N)=O)c(C)n(CCCN3CCOCC3)c2C)cc1. The minimum Gasteiger partial charge on any atom is -0.497 e. The van der Waals surface area contributed by atoms with Gasteiger partial charge >= 0.3 is 0 Å². The molecule has 1 aliphatic heterocycles. The number of hydrogen-bond acceptors (Lipinski definition) is 4. The number of rotatable bonds is 7. The highest BCUT2D eigenvalue weighted by Crippen LogP contribution is 2.33. The molecule has 1 amide bonds. The number of nitrogens with zero attached hydrogens (tertiary/aromatic N) is 2. The topological polar surface area (TPSA) is 69.7 Å². The van der Waals surface area contributed by atoms with Crippen LogP contribution < -0.4 is 10.5 Å². The number of amides is 1. The smallest absolute Gasteiger partial charge is 0.251 e. The van der Waals surface area contributed by atoms with Crippen molar-refractivity contribution in [2.75, 3.05) is 40.0 Å². The molecule has 0 bridgehead atoms. The van der Waals surface area contributed by atoms with Gasteiger partial charge in [-0.25, -0.2) is 0 Å². The van der Waals surface area contributed by atoms with E-state index in [4.69, 9.17) is 15.2 Å². The van der Waals surface area contributed by atoms with Gasteiger partial charge in [0.1, 0.15) is 5.75 Å². The van der Waals surface area contributed by atoms with E-state index in [-0.39, 0.29) is 5.91 Å². The number of hydrogen-bond donors (Lipinski definition) is 1. The molecule has 2 heterocycles. The number of carbonyl (C=O) groups excluding carboxylic acids is 1. The van der Waals surface area contributed by atoms with Gasteiger partial charge in [-0.3, -0.25) is 9.69 Å². The van der Waals surface area contributed by atoms with Crippen molar-refractivity contribution in [1.82, 2.24) is 9.47 Å². The molecule has 1 aromatic heterocycles. The maximum Gasteiger partial charge on any atom is 0.251 e. The Morgan fingerprint density at radius 3 is 2.37 bits per heavy atom. The Bertz CT molecular complexity index is 790. The van der Waals surface area contributed by atoms with Gasteiger partial charge in [0.15, 0.2) is 0 Å². The van der Waals surface area contributed by atoms with E-state index in [0.29, 0.717) is 5.56 Å². The summed E-state index contributed by atoms with van der Waals surface area (Å²) in [6.07, 6.45) is 1.02. The fourth-order valence-corrected chi connectivity index (χ4v) is 3.91. The minimum atomic E-state index is -0.381. The molecule has 1 aromatic carbocycles. The third kappa shape index (κ3) is 4.17. The lowest BCUT2D eigenvalue weighted by molar-refractivity contribution is 0.0369. The largest absolute Gasteiger partial charge is 0.497 e. The van der Waals surface area contributed by atoms with E-state index in [2.05, 4.69) is 16.4 Å². The molecule has 0 unspecified atom stereocenters. The van der Waals surface area contributed by atoms with Gasteiger partial charge in [-0.05, 0) is 38.0 Å². The van der Waals surface area contributed by atoms with Crippen LogP contribution in [0.5, 0.6) is 5.75 Å². The standard InChI is InChI=1S/C21H29N3O3/c1-15-19(17-5-7-18(26-3)8-6-17)20(21(22)25)16(2)24(15)10-4-9-23-11-13-27-14-12-23/h5-8H,4,9-14H2,1-3H3,(H2,22,25). The Morgan fingerprint density at radius 2 is 1.78 bits per heavy atom. The summed E-state index contributed by atoms with van der Waals surface area (Å²) in [4.78, 5) is 14.6. The summed E-state index contributed by atoms with van der Waals surface area (Å²) in [5, 5.41) is 0. The Kier molecular flexibility index (Phi) is 6.19. The summed E-state index contributed by atoms with van der Waals surface area (Å²) >= 11 is 0. The van der Waals surface area contributed by atoms with Crippen LogP contribution in [0.15, 0.2) is 24.3 Å². The maximum absolute atomic E-state index is 12.2. The van der Waals surface area contributed by atoms with E-state index in [1.54, 1.807) is 7.11 Å². The average molecular weight is 371 g/mol. The van der Waals surface area contributed by atoms with Crippen molar-refractivity contribution >= 4 is 5.91 Å². The first-order valence-electron chi connectivity index (χ1n) is 9.47. The van der Waals surface area contributed by atoms with E-state index in [1.165, 1.54) is 0 Å². The zero-order valence-corrected chi connectivity index (χ0v) is 16.5. The summed E-state index contributed by atoms with van der Waals surface area (Å²) in [6, 6.07) is 7.77. The highest BCUT2D eigenvalue weighted by Gasteiger charge is 2.22. The van der Waals surface area contributed by atoms with Crippen molar-refractivity contribution < 1.29 is 14.3 Å². The zero-order valence-electron chi connectivity index (χ0n) is 16.5. The van der Waals surface area contributed by atoms with Gasteiger partial charge < -0.3 is 19.8 Å². The van der Waals surface area contributed by atoms with Crippen LogP contribution >= 0.6 is 0 Å². The van der Waals surface area contributed by atoms with E-state index in [1.807, 2.05) is 31.2 Å². The van der Waals surface area contributed by atoms with Crippen molar-refractivity contribution in [3.8, 4) is 16.9 Å². The number of nitrogens with two attached hydrogens (primary N) is 1. The van der Waals surface area contributed by atoms with Crippen LogP contribution in [0.1, 0.15) is 28.2 Å². The van der Waals surface area contributed by atoms with Crippen molar-refractivity contribution in [2.45, 2.75) is 26.8 Å². The van der Waals surface area contributed by atoms with Crippen molar-refractivity contribution in [3.63, 3.8) is 0 Å².